The predicted molar refractivity (Wildman–Crippen MR) is 85.9 cm³/mol. The first-order valence-electron chi connectivity index (χ1n) is 7.05. The molecule has 5 nitrogen and oxygen atoms in total. The lowest BCUT2D eigenvalue weighted by Crippen LogP contribution is -2.30. The zero-order valence-corrected chi connectivity index (χ0v) is 12.8. The van der Waals surface area contributed by atoms with E-state index in [1.165, 1.54) is 19.1 Å². The van der Waals surface area contributed by atoms with E-state index in [1.54, 1.807) is 43.3 Å². The smallest absolute Gasteiger partial charge is 0.265 e. The maximum absolute atomic E-state index is 13.5. The van der Waals surface area contributed by atoms with Crippen molar-refractivity contribution in [3.8, 4) is 5.75 Å². The normalized spacial score (nSPS) is 11.4. The first-order chi connectivity index (χ1) is 11.0. The van der Waals surface area contributed by atoms with E-state index in [-0.39, 0.29) is 11.6 Å². The summed E-state index contributed by atoms with van der Waals surface area (Å²) in [5.41, 5.74) is 0.664. The van der Waals surface area contributed by atoms with Gasteiger partial charge in [-0.1, -0.05) is 18.2 Å². The number of carbonyl (C=O) groups is 2. The zero-order valence-electron chi connectivity index (χ0n) is 12.8. The maximum atomic E-state index is 13.5. The van der Waals surface area contributed by atoms with Crippen LogP contribution in [0.1, 0.15) is 13.8 Å². The largest absolute Gasteiger partial charge is 0.481 e. The van der Waals surface area contributed by atoms with Gasteiger partial charge in [0.25, 0.3) is 5.91 Å². The fourth-order valence-electron chi connectivity index (χ4n) is 1.91. The summed E-state index contributed by atoms with van der Waals surface area (Å²) in [5.74, 6) is -0.763. The van der Waals surface area contributed by atoms with Gasteiger partial charge in [0.05, 0.1) is 5.69 Å². The van der Waals surface area contributed by atoms with Gasteiger partial charge in [-0.15, -0.1) is 0 Å². The highest BCUT2D eigenvalue weighted by Crippen LogP contribution is 2.19. The Morgan fingerprint density at radius 1 is 1.09 bits per heavy atom. The summed E-state index contributed by atoms with van der Waals surface area (Å²) in [6, 6.07) is 12.6. The Labute approximate surface area is 133 Å². The highest BCUT2D eigenvalue weighted by molar-refractivity contribution is 5.94. The van der Waals surface area contributed by atoms with Crippen molar-refractivity contribution in [2.24, 2.45) is 0 Å². The van der Waals surface area contributed by atoms with Crippen molar-refractivity contribution in [2.45, 2.75) is 20.0 Å². The number of para-hydroxylation sites is 1. The molecule has 0 spiro atoms. The van der Waals surface area contributed by atoms with Crippen molar-refractivity contribution >= 4 is 23.2 Å². The van der Waals surface area contributed by atoms with Gasteiger partial charge in [-0.2, -0.15) is 0 Å². The Morgan fingerprint density at radius 3 is 2.52 bits per heavy atom. The minimum Gasteiger partial charge on any atom is -0.481 e. The second-order valence-corrected chi connectivity index (χ2v) is 4.94. The highest BCUT2D eigenvalue weighted by atomic mass is 19.1. The monoisotopic (exact) mass is 316 g/mol. The average Bonchev–Trinajstić information content (AvgIpc) is 2.49. The van der Waals surface area contributed by atoms with Crippen LogP contribution in [0.4, 0.5) is 15.8 Å². The van der Waals surface area contributed by atoms with Crippen molar-refractivity contribution in [1.82, 2.24) is 0 Å². The van der Waals surface area contributed by atoms with Gasteiger partial charge >= 0.3 is 0 Å². The predicted octanol–water partition coefficient (Wildman–Crippen LogP) is 3.19. The first-order valence-corrected chi connectivity index (χ1v) is 7.05. The highest BCUT2D eigenvalue weighted by Gasteiger charge is 2.16. The van der Waals surface area contributed by atoms with Crippen LogP contribution in [0.2, 0.25) is 0 Å². The van der Waals surface area contributed by atoms with Gasteiger partial charge in [0, 0.05) is 18.7 Å². The molecule has 2 amide bonds. The molecule has 0 fully saturated rings. The molecule has 0 aliphatic rings. The SMILES string of the molecule is CC(=O)Nc1cccc(O[C@@H](C)C(=O)Nc2ccccc2F)c1. The fourth-order valence-corrected chi connectivity index (χ4v) is 1.91. The maximum Gasteiger partial charge on any atom is 0.265 e. The third-order valence-corrected chi connectivity index (χ3v) is 2.97. The number of halogens is 1. The fraction of sp³-hybridized carbons (Fsp3) is 0.176. The molecule has 0 saturated heterocycles. The lowest BCUT2D eigenvalue weighted by Gasteiger charge is -2.15. The summed E-state index contributed by atoms with van der Waals surface area (Å²) in [6.45, 7) is 2.96. The van der Waals surface area contributed by atoms with E-state index in [9.17, 15) is 14.0 Å². The molecule has 0 saturated carbocycles. The summed E-state index contributed by atoms with van der Waals surface area (Å²) in [5, 5.41) is 5.09. The van der Waals surface area contributed by atoms with Crippen LogP contribution in [-0.4, -0.2) is 17.9 Å². The Kier molecular flexibility index (Phi) is 5.30. The van der Waals surface area contributed by atoms with Crippen LogP contribution in [0, 0.1) is 5.82 Å². The van der Waals surface area contributed by atoms with Crippen LogP contribution in [0.3, 0.4) is 0 Å². The van der Waals surface area contributed by atoms with Crippen molar-refractivity contribution < 1.29 is 18.7 Å². The molecule has 23 heavy (non-hydrogen) atoms. The number of hydrogen-bond acceptors (Lipinski definition) is 3. The van der Waals surface area contributed by atoms with Crippen LogP contribution in [0.25, 0.3) is 0 Å². The molecule has 6 heteroatoms. The number of rotatable bonds is 5. The quantitative estimate of drug-likeness (QED) is 0.890. The number of carbonyl (C=O) groups excluding carboxylic acids is 2. The van der Waals surface area contributed by atoms with E-state index in [2.05, 4.69) is 10.6 Å². The number of anilines is 2. The summed E-state index contributed by atoms with van der Waals surface area (Å²) >= 11 is 0. The number of benzene rings is 2. The second kappa shape index (κ2) is 7.40. The molecular formula is C17H17FN2O3. The summed E-state index contributed by atoms with van der Waals surface area (Å²) in [4.78, 5) is 23.1. The third-order valence-electron chi connectivity index (χ3n) is 2.97. The van der Waals surface area contributed by atoms with Crippen LogP contribution >= 0.6 is 0 Å². The zero-order chi connectivity index (χ0) is 16.8. The Bertz CT molecular complexity index is 718. The topological polar surface area (TPSA) is 67.4 Å². The van der Waals surface area contributed by atoms with Crippen molar-refractivity contribution in [1.29, 1.82) is 0 Å². The minimum absolute atomic E-state index is 0.0972. The molecule has 2 aromatic carbocycles. The molecule has 0 aliphatic heterocycles. The molecule has 2 rings (SSSR count). The van der Waals surface area contributed by atoms with E-state index >= 15 is 0 Å². The molecule has 0 unspecified atom stereocenters. The minimum atomic E-state index is -0.831. The molecule has 2 N–H and O–H groups in total. The molecule has 0 aliphatic carbocycles. The molecule has 120 valence electrons. The van der Waals surface area contributed by atoms with E-state index in [1.807, 2.05) is 0 Å². The Balaban J connectivity index is 2.01. The van der Waals surface area contributed by atoms with Crippen molar-refractivity contribution in [3.05, 3.63) is 54.3 Å². The van der Waals surface area contributed by atoms with Crippen LogP contribution < -0.4 is 15.4 Å². The Morgan fingerprint density at radius 2 is 1.83 bits per heavy atom. The first kappa shape index (κ1) is 16.5. The van der Waals surface area contributed by atoms with Gasteiger partial charge in [-0.3, -0.25) is 9.59 Å². The van der Waals surface area contributed by atoms with Gasteiger partial charge in [-0.05, 0) is 31.2 Å². The second-order valence-electron chi connectivity index (χ2n) is 4.94. The third kappa shape index (κ3) is 4.81. The van der Waals surface area contributed by atoms with Gasteiger partial charge in [-0.25, -0.2) is 4.39 Å². The van der Waals surface area contributed by atoms with E-state index in [4.69, 9.17) is 4.74 Å². The van der Waals surface area contributed by atoms with Crippen LogP contribution in [-0.2, 0) is 9.59 Å². The molecule has 0 bridgehead atoms. The van der Waals surface area contributed by atoms with E-state index < -0.39 is 17.8 Å². The van der Waals surface area contributed by atoms with Gasteiger partial charge < -0.3 is 15.4 Å². The lowest BCUT2D eigenvalue weighted by atomic mass is 10.2. The number of ether oxygens (including phenoxy) is 1. The molecular weight excluding hydrogens is 299 g/mol. The average molecular weight is 316 g/mol. The molecule has 0 heterocycles. The molecule has 1 atom stereocenters. The van der Waals surface area contributed by atoms with E-state index in [0.717, 1.165) is 0 Å². The summed E-state index contributed by atoms with van der Waals surface area (Å²) in [6.07, 6.45) is -0.831. The number of hydrogen-bond donors (Lipinski definition) is 2. The van der Waals surface area contributed by atoms with Crippen LogP contribution in [0.15, 0.2) is 48.5 Å². The van der Waals surface area contributed by atoms with Gasteiger partial charge in [0.2, 0.25) is 5.91 Å². The molecule has 0 aromatic heterocycles. The van der Waals surface area contributed by atoms with E-state index in [0.29, 0.717) is 11.4 Å². The molecule has 2 aromatic rings. The summed E-state index contributed by atoms with van der Waals surface area (Å²) in [7, 11) is 0. The lowest BCUT2D eigenvalue weighted by molar-refractivity contribution is -0.122. The van der Waals surface area contributed by atoms with Gasteiger partial charge in [0.15, 0.2) is 6.10 Å². The standard InChI is InChI=1S/C17H17FN2O3/c1-11(17(22)20-16-9-4-3-8-15(16)18)23-14-7-5-6-13(10-14)19-12(2)21/h3-11H,1-2H3,(H,19,21)(H,20,22)/t11-/m0/s1. The summed E-state index contributed by atoms with van der Waals surface area (Å²) < 4.78 is 19.0. The number of amides is 2. The van der Waals surface area contributed by atoms with Gasteiger partial charge in [0.1, 0.15) is 11.6 Å². The van der Waals surface area contributed by atoms with Crippen molar-refractivity contribution in [3.63, 3.8) is 0 Å². The number of nitrogens with one attached hydrogen (secondary N) is 2. The van der Waals surface area contributed by atoms with Crippen molar-refractivity contribution in [2.75, 3.05) is 10.6 Å². The Hall–Kier alpha value is -2.89. The van der Waals surface area contributed by atoms with Crippen LogP contribution in [0.5, 0.6) is 5.75 Å². The molecule has 0 radical (unpaired) electrons.